The van der Waals surface area contributed by atoms with E-state index in [0.29, 0.717) is 6.04 Å². The molecule has 0 unspecified atom stereocenters. The summed E-state index contributed by atoms with van der Waals surface area (Å²) in [7, 11) is 0. The Morgan fingerprint density at radius 2 is 2.32 bits per heavy atom. The van der Waals surface area contributed by atoms with E-state index in [1.54, 1.807) is 0 Å². The van der Waals surface area contributed by atoms with Crippen LogP contribution >= 0.6 is 0 Å². The average molecular weight is 260 g/mol. The number of benzene rings is 1. The summed E-state index contributed by atoms with van der Waals surface area (Å²) in [5, 5.41) is 3.23. The van der Waals surface area contributed by atoms with Crippen LogP contribution in [0.3, 0.4) is 0 Å². The van der Waals surface area contributed by atoms with Gasteiger partial charge in [-0.3, -0.25) is 4.79 Å². The molecule has 1 aromatic carbocycles. The molecule has 102 valence electrons. The first-order valence-electron chi connectivity index (χ1n) is 7.07. The summed E-state index contributed by atoms with van der Waals surface area (Å²) in [6.07, 6.45) is 1.91. The lowest BCUT2D eigenvalue weighted by atomic mass is 10.0. The van der Waals surface area contributed by atoms with Crippen molar-refractivity contribution in [1.29, 1.82) is 0 Å². The fourth-order valence-corrected chi connectivity index (χ4v) is 2.67. The third-order valence-electron chi connectivity index (χ3n) is 3.86. The van der Waals surface area contributed by atoms with E-state index in [4.69, 9.17) is 4.74 Å². The summed E-state index contributed by atoms with van der Waals surface area (Å²) in [4.78, 5) is 14.6. The number of carbonyl (C=O) groups excluding carboxylic acids is 1. The van der Waals surface area contributed by atoms with Gasteiger partial charge in [-0.15, -0.1) is 0 Å². The molecule has 1 aromatic rings. The number of ether oxygens (including phenoxy) is 1. The molecule has 0 aliphatic carbocycles. The Hall–Kier alpha value is -1.55. The summed E-state index contributed by atoms with van der Waals surface area (Å²) in [5.74, 6) is 1.09. The molecule has 0 spiro atoms. The van der Waals surface area contributed by atoms with Crippen molar-refractivity contribution in [2.45, 2.75) is 25.8 Å². The molecule has 0 atom stereocenters. The summed E-state index contributed by atoms with van der Waals surface area (Å²) in [5.41, 5.74) is 1.96. The quantitative estimate of drug-likeness (QED) is 0.891. The summed E-state index contributed by atoms with van der Waals surface area (Å²) >= 11 is 0. The summed E-state index contributed by atoms with van der Waals surface area (Å²) < 4.78 is 5.49. The lowest BCUT2D eigenvalue weighted by molar-refractivity contribution is 0.0615. The Morgan fingerprint density at radius 1 is 1.47 bits per heavy atom. The van der Waals surface area contributed by atoms with Crippen molar-refractivity contribution in [1.82, 2.24) is 10.2 Å². The monoisotopic (exact) mass is 260 g/mol. The zero-order valence-electron chi connectivity index (χ0n) is 11.3. The van der Waals surface area contributed by atoms with Gasteiger partial charge in [0.2, 0.25) is 0 Å². The Bertz CT molecular complexity index is 483. The molecular weight excluding hydrogens is 240 g/mol. The van der Waals surface area contributed by atoms with E-state index in [1.807, 2.05) is 23.1 Å². The van der Waals surface area contributed by atoms with Crippen LogP contribution in [0.25, 0.3) is 0 Å². The van der Waals surface area contributed by atoms with Gasteiger partial charge in [0.15, 0.2) is 0 Å². The van der Waals surface area contributed by atoms with Crippen LogP contribution in [-0.2, 0) is 6.42 Å². The van der Waals surface area contributed by atoms with Crippen molar-refractivity contribution in [3.05, 3.63) is 29.3 Å². The Labute approximate surface area is 113 Å². The predicted octanol–water partition coefficient (Wildman–Crippen LogP) is 1.45. The van der Waals surface area contributed by atoms with E-state index < -0.39 is 0 Å². The van der Waals surface area contributed by atoms with Crippen LogP contribution in [0.2, 0.25) is 0 Å². The van der Waals surface area contributed by atoms with Crippen LogP contribution in [0.15, 0.2) is 18.2 Å². The van der Waals surface area contributed by atoms with Crippen LogP contribution in [-0.4, -0.2) is 43.1 Å². The van der Waals surface area contributed by atoms with Crippen molar-refractivity contribution >= 4 is 5.91 Å². The van der Waals surface area contributed by atoms with E-state index in [0.717, 1.165) is 56.0 Å². The highest BCUT2D eigenvalue weighted by Gasteiger charge is 2.29. The SMILES string of the molecule is CCCN(C(=O)c1ccc2c(c1)CCO2)C1CNC1. The first-order valence-corrected chi connectivity index (χ1v) is 7.07. The zero-order valence-corrected chi connectivity index (χ0v) is 11.3. The van der Waals surface area contributed by atoms with Crippen molar-refractivity contribution in [3.63, 3.8) is 0 Å². The Morgan fingerprint density at radius 3 is 3.00 bits per heavy atom. The standard InChI is InChI=1S/C15H20N2O2/c1-2-6-17(13-9-16-10-13)15(18)12-3-4-14-11(8-12)5-7-19-14/h3-4,8,13,16H,2,5-7,9-10H2,1H3. The number of hydrogen-bond donors (Lipinski definition) is 1. The molecule has 0 radical (unpaired) electrons. The summed E-state index contributed by atoms with van der Waals surface area (Å²) in [6.45, 7) is 5.51. The normalized spacial score (nSPS) is 17.5. The van der Waals surface area contributed by atoms with E-state index in [-0.39, 0.29) is 5.91 Å². The van der Waals surface area contributed by atoms with Gasteiger partial charge in [0.1, 0.15) is 5.75 Å². The summed E-state index contributed by atoms with van der Waals surface area (Å²) in [6, 6.07) is 6.18. The third-order valence-corrected chi connectivity index (χ3v) is 3.86. The fraction of sp³-hybridized carbons (Fsp3) is 0.533. The van der Waals surface area contributed by atoms with Crippen molar-refractivity contribution in [2.75, 3.05) is 26.2 Å². The number of nitrogens with one attached hydrogen (secondary N) is 1. The molecule has 4 heteroatoms. The molecule has 0 saturated carbocycles. The largest absolute Gasteiger partial charge is 0.493 e. The second kappa shape index (κ2) is 5.21. The maximum atomic E-state index is 12.6. The number of rotatable bonds is 4. The van der Waals surface area contributed by atoms with Gasteiger partial charge < -0.3 is 15.0 Å². The van der Waals surface area contributed by atoms with Gasteiger partial charge >= 0.3 is 0 Å². The molecule has 2 aliphatic heterocycles. The van der Waals surface area contributed by atoms with Crippen LogP contribution in [0.4, 0.5) is 0 Å². The molecule has 1 saturated heterocycles. The molecule has 2 heterocycles. The fourth-order valence-electron chi connectivity index (χ4n) is 2.67. The number of nitrogens with zero attached hydrogens (tertiary/aromatic N) is 1. The van der Waals surface area contributed by atoms with E-state index in [2.05, 4.69) is 12.2 Å². The molecule has 1 fully saturated rings. The zero-order chi connectivity index (χ0) is 13.2. The van der Waals surface area contributed by atoms with Gasteiger partial charge in [0.05, 0.1) is 12.6 Å². The lowest BCUT2D eigenvalue weighted by Crippen LogP contribution is -2.59. The molecule has 2 aliphatic rings. The highest BCUT2D eigenvalue weighted by Crippen LogP contribution is 2.26. The molecule has 3 rings (SSSR count). The van der Waals surface area contributed by atoms with Gasteiger partial charge in [-0.1, -0.05) is 6.92 Å². The average Bonchev–Trinajstić information content (AvgIpc) is 2.82. The second-order valence-corrected chi connectivity index (χ2v) is 5.23. The number of amides is 1. The minimum absolute atomic E-state index is 0.156. The highest BCUT2D eigenvalue weighted by atomic mass is 16.5. The first kappa shape index (κ1) is 12.5. The second-order valence-electron chi connectivity index (χ2n) is 5.23. The lowest BCUT2D eigenvalue weighted by Gasteiger charge is -2.38. The highest BCUT2D eigenvalue weighted by molar-refractivity contribution is 5.95. The predicted molar refractivity (Wildman–Crippen MR) is 73.6 cm³/mol. The van der Waals surface area contributed by atoms with Gasteiger partial charge in [-0.05, 0) is 30.2 Å². The Balaban J connectivity index is 1.81. The molecule has 19 heavy (non-hydrogen) atoms. The van der Waals surface area contributed by atoms with E-state index in [1.165, 1.54) is 0 Å². The molecular formula is C15H20N2O2. The van der Waals surface area contributed by atoms with Gasteiger partial charge in [-0.2, -0.15) is 0 Å². The minimum Gasteiger partial charge on any atom is -0.493 e. The molecule has 1 amide bonds. The number of hydrogen-bond acceptors (Lipinski definition) is 3. The minimum atomic E-state index is 0.156. The van der Waals surface area contributed by atoms with Gasteiger partial charge in [0.25, 0.3) is 5.91 Å². The van der Waals surface area contributed by atoms with Crippen LogP contribution in [0, 0.1) is 0 Å². The first-order chi connectivity index (χ1) is 9.29. The van der Waals surface area contributed by atoms with Gasteiger partial charge in [-0.25, -0.2) is 0 Å². The molecule has 0 bridgehead atoms. The maximum absolute atomic E-state index is 12.6. The van der Waals surface area contributed by atoms with Crippen LogP contribution in [0.5, 0.6) is 5.75 Å². The molecule has 1 N–H and O–H groups in total. The maximum Gasteiger partial charge on any atom is 0.254 e. The van der Waals surface area contributed by atoms with Crippen LogP contribution in [0.1, 0.15) is 29.3 Å². The smallest absolute Gasteiger partial charge is 0.254 e. The third kappa shape index (κ3) is 2.32. The molecule has 4 nitrogen and oxygen atoms in total. The van der Waals surface area contributed by atoms with Gasteiger partial charge in [0, 0.05) is 31.6 Å². The topological polar surface area (TPSA) is 41.6 Å². The van der Waals surface area contributed by atoms with E-state index in [9.17, 15) is 4.79 Å². The van der Waals surface area contributed by atoms with Crippen LogP contribution < -0.4 is 10.1 Å². The van der Waals surface area contributed by atoms with Crippen molar-refractivity contribution in [3.8, 4) is 5.75 Å². The Kier molecular flexibility index (Phi) is 3.42. The van der Waals surface area contributed by atoms with Crippen molar-refractivity contribution in [2.24, 2.45) is 0 Å². The van der Waals surface area contributed by atoms with E-state index >= 15 is 0 Å². The van der Waals surface area contributed by atoms with Crippen molar-refractivity contribution < 1.29 is 9.53 Å². The molecule has 0 aromatic heterocycles. The number of fused-ring (bicyclic) bond motifs is 1. The number of carbonyl (C=O) groups is 1.